The molecule has 0 saturated carbocycles. The van der Waals surface area contributed by atoms with Gasteiger partial charge >= 0.3 is 12.1 Å². The summed E-state index contributed by atoms with van der Waals surface area (Å²) >= 11 is 5.05. The van der Waals surface area contributed by atoms with Crippen LogP contribution in [0.25, 0.3) is 0 Å². The number of ether oxygens (including phenoxy) is 1. The number of carboxylic acid groups (broad SMARTS) is 1. The predicted octanol–water partition coefficient (Wildman–Crippen LogP) is 1.47. The van der Waals surface area contributed by atoms with Crippen LogP contribution in [0.2, 0.25) is 0 Å². The average Bonchev–Trinajstić information content (AvgIpc) is 2.37. The minimum absolute atomic E-state index is 0.0443. The van der Waals surface area contributed by atoms with E-state index in [2.05, 4.69) is 16.0 Å². The molecule has 0 aliphatic carbocycles. The van der Waals surface area contributed by atoms with E-state index in [1.165, 1.54) is 0 Å². The Balaban J connectivity index is 4.04. The van der Waals surface area contributed by atoms with Crippen molar-refractivity contribution in [2.75, 3.05) is 13.1 Å². The molecule has 7 nitrogen and oxygen atoms in total. The second-order valence-corrected chi connectivity index (χ2v) is 6.44. The molecule has 4 N–H and O–H groups in total. The monoisotopic (exact) mass is 333 g/mol. The van der Waals surface area contributed by atoms with Crippen LogP contribution >= 0.6 is 12.2 Å². The van der Waals surface area contributed by atoms with Gasteiger partial charge < -0.3 is 25.8 Å². The van der Waals surface area contributed by atoms with Gasteiger partial charge in [0.15, 0.2) is 5.11 Å². The van der Waals surface area contributed by atoms with Crippen molar-refractivity contribution < 1.29 is 19.4 Å². The molecule has 0 fully saturated rings. The lowest BCUT2D eigenvalue weighted by Gasteiger charge is -2.22. The third-order valence-electron chi connectivity index (χ3n) is 2.84. The highest BCUT2D eigenvalue weighted by Gasteiger charge is 2.23. The number of carbonyl (C=O) groups excluding carboxylic acids is 1. The molecule has 0 heterocycles. The molecule has 2 atom stereocenters. The zero-order valence-electron chi connectivity index (χ0n) is 13.9. The molecule has 0 aliphatic heterocycles. The van der Waals surface area contributed by atoms with Gasteiger partial charge in [-0.3, -0.25) is 0 Å². The molecule has 8 heteroatoms. The zero-order valence-corrected chi connectivity index (χ0v) is 14.7. The number of alkyl carbamates (subject to hydrolysis) is 1. The number of amides is 1. The van der Waals surface area contributed by atoms with Crippen molar-refractivity contribution in [3.63, 3.8) is 0 Å². The van der Waals surface area contributed by atoms with E-state index in [0.717, 1.165) is 6.42 Å². The number of hydrogen-bond acceptors (Lipinski definition) is 4. The van der Waals surface area contributed by atoms with Crippen molar-refractivity contribution in [3.8, 4) is 0 Å². The van der Waals surface area contributed by atoms with Crippen LogP contribution in [0.1, 0.15) is 41.0 Å². The number of aliphatic carboxylic acids is 1. The Morgan fingerprint density at radius 2 is 1.77 bits per heavy atom. The van der Waals surface area contributed by atoms with Crippen LogP contribution in [0.3, 0.4) is 0 Å². The number of hydrogen-bond donors (Lipinski definition) is 4. The second-order valence-electron chi connectivity index (χ2n) is 6.03. The Bertz CT molecular complexity index is 396. The van der Waals surface area contributed by atoms with Crippen LogP contribution in [0.15, 0.2) is 0 Å². The molecule has 0 rings (SSSR count). The number of carboxylic acids is 1. The Morgan fingerprint density at radius 1 is 1.23 bits per heavy atom. The summed E-state index contributed by atoms with van der Waals surface area (Å²) in [6.45, 7) is 9.80. The number of carbonyl (C=O) groups is 2. The molecule has 0 saturated heterocycles. The van der Waals surface area contributed by atoms with E-state index in [1.54, 1.807) is 20.8 Å². The number of rotatable bonds is 7. The van der Waals surface area contributed by atoms with E-state index in [9.17, 15) is 9.59 Å². The molecule has 0 aromatic heterocycles. The first-order valence-electron chi connectivity index (χ1n) is 7.30. The van der Waals surface area contributed by atoms with Gasteiger partial charge in [0.2, 0.25) is 0 Å². The average molecular weight is 333 g/mol. The third-order valence-corrected chi connectivity index (χ3v) is 3.11. The Kier molecular flexibility index (Phi) is 8.77. The molecular weight excluding hydrogens is 306 g/mol. The summed E-state index contributed by atoms with van der Waals surface area (Å²) in [7, 11) is 0. The molecular formula is C14H27N3O4S. The van der Waals surface area contributed by atoms with Crippen molar-refractivity contribution in [1.29, 1.82) is 0 Å². The fourth-order valence-electron chi connectivity index (χ4n) is 1.53. The first-order valence-corrected chi connectivity index (χ1v) is 7.71. The lowest BCUT2D eigenvalue weighted by atomic mass is 10.00. The normalized spacial score (nSPS) is 13.7. The van der Waals surface area contributed by atoms with Gasteiger partial charge in [0.25, 0.3) is 0 Å². The third kappa shape index (κ3) is 9.38. The van der Waals surface area contributed by atoms with Gasteiger partial charge in [0.1, 0.15) is 11.6 Å². The molecule has 0 aromatic carbocycles. The van der Waals surface area contributed by atoms with Gasteiger partial charge in [-0.15, -0.1) is 0 Å². The summed E-state index contributed by atoms with van der Waals surface area (Å²) in [4.78, 5) is 22.6. The minimum Gasteiger partial charge on any atom is -0.480 e. The van der Waals surface area contributed by atoms with Crippen LogP contribution in [0.5, 0.6) is 0 Å². The predicted molar refractivity (Wildman–Crippen MR) is 88.9 cm³/mol. The first-order chi connectivity index (χ1) is 10.1. The van der Waals surface area contributed by atoms with Gasteiger partial charge in [0, 0.05) is 13.1 Å². The maximum Gasteiger partial charge on any atom is 0.407 e. The molecule has 0 aliphatic rings. The number of thiocarbonyl (C=S) groups is 1. The highest BCUT2D eigenvalue weighted by molar-refractivity contribution is 7.80. The number of nitrogens with one attached hydrogen (secondary N) is 3. The SMILES string of the molecule is CCC(C)C(NC(=S)NCCNC(=O)OC(C)(C)C)C(=O)O. The van der Waals surface area contributed by atoms with E-state index in [0.29, 0.717) is 13.1 Å². The van der Waals surface area contributed by atoms with E-state index < -0.39 is 23.7 Å². The zero-order chi connectivity index (χ0) is 17.3. The Hall–Kier alpha value is -1.57. The molecule has 22 heavy (non-hydrogen) atoms. The van der Waals surface area contributed by atoms with Gasteiger partial charge in [-0.25, -0.2) is 9.59 Å². The minimum atomic E-state index is -0.939. The van der Waals surface area contributed by atoms with Gasteiger partial charge in [0.05, 0.1) is 0 Å². The summed E-state index contributed by atoms with van der Waals surface area (Å²) < 4.78 is 5.08. The van der Waals surface area contributed by atoms with Crippen molar-refractivity contribution in [1.82, 2.24) is 16.0 Å². The first kappa shape index (κ1) is 20.4. The van der Waals surface area contributed by atoms with Gasteiger partial charge in [-0.05, 0) is 38.9 Å². The van der Waals surface area contributed by atoms with Crippen molar-refractivity contribution in [2.45, 2.75) is 52.7 Å². The fourth-order valence-corrected chi connectivity index (χ4v) is 1.76. The summed E-state index contributed by atoms with van der Waals surface area (Å²) in [5.74, 6) is -0.984. The smallest absolute Gasteiger partial charge is 0.407 e. The topological polar surface area (TPSA) is 99.7 Å². The summed E-state index contributed by atoms with van der Waals surface area (Å²) in [6, 6.07) is -0.733. The van der Waals surface area contributed by atoms with Gasteiger partial charge in [-0.2, -0.15) is 0 Å². The molecule has 1 amide bonds. The molecule has 0 spiro atoms. The van der Waals surface area contributed by atoms with Crippen LogP contribution in [-0.4, -0.2) is 47.0 Å². The van der Waals surface area contributed by atoms with E-state index in [4.69, 9.17) is 22.1 Å². The molecule has 0 bridgehead atoms. The van der Waals surface area contributed by atoms with Crippen molar-refractivity contribution in [2.24, 2.45) is 5.92 Å². The van der Waals surface area contributed by atoms with E-state index in [-0.39, 0.29) is 11.0 Å². The van der Waals surface area contributed by atoms with Crippen molar-refractivity contribution in [3.05, 3.63) is 0 Å². The fraction of sp³-hybridized carbons (Fsp3) is 0.786. The highest BCUT2D eigenvalue weighted by atomic mass is 32.1. The van der Waals surface area contributed by atoms with E-state index >= 15 is 0 Å². The van der Waals surface area contributed by atoms with Crippen LogP contribution in [0, 0.1) is 5.92 Å². The molecule has 0 aromatic rings. The van der Waals surface area contributed by atoms with Crippen LogP contribution in [-0.2, 0) is 9.53 Å². The molecule has 0 radical (unpaired) electrons. The molecule has 128 valence electrons. The molecule has 2 unspecified atom stereocenters. The standard InChI is InChI=1S/C14H27N3O4S/c1-6-9(2)10(11(18)19)17-12(22)15-7-8-16-13(20)21-14(3,4)5/h9-10H,6-8H2,1-5H3,(H,16,20)(H,18,19)(H2,15,17,22). The van der Waals surface area contributed by atoms with Crippen LogP contribution < -0.4 is 16.0 Å². The quantitative estimate of drug-likeness (QED) is 0.413. The maximum absolute atomic E-state index is 11.4. The largest absolute Gasteiger partial charge is 0.480 e. The summed E-state index contributed by atoms with van der Waals surface area (Å²) in [6.07, 6.45) is 0.225. The van der Waals surface area contributed by atoms with E-state index in [1.807, 2.05) is 13.8 Å². The Labute approximate surface area is 137 Å². The second kappa shape index (κ2) is 9.45. The summed E-state index contributed by atoms with van der Waals surface area (Å²) in [5.41, 5.74) is -0.542. The van der Waals surface area contributed by atoms with Crippen LogP contribution in [0.4, 0.5) is 4.79 Å². The highest BCUT2D eigenvalue weighted by Crippen LogP contribution is 2.07. The van der Waals surface area contributed by atoms with Crippen molar-refractivity contribution >= 4 is 29.4 Å². The summed E-state index contributed by atoms with van der Waals surface area (Å²) in [5, 5.41) is 17.6. The Morgan fingerprint density at radius 3 is 2.23 bits per heavy atom. The lowest BCUT2D eigenvalue weighted by molar-refractivity contribution is -0.140. The van der Waals surface area contributed by atoms with Gasteiger partial charge in [-0.1, -0.05) is 20.3 Å². The lowest BCUT2D eigenvalue weighted by Crippen LogP contribution is -2.50. The maximum atomic E-state index is 11.4.